The van der Waals surface area contributed by atoms with Crippen LogP contribution in [-0.4, -0.2) is 46.0 Å². The molecule has 1 aliphatic rings. The molecule has 1 amide bonds. The molecule has 0 spiro atoms. The number of aromatic nitrogens is 3. The van der Waals surface area contributed by atoms with Gasteiger partial charge in [-0.2, -0.15) is 0 Å². The second-order valence-corrected chi connectivity index (χ2v) is 7.37. The average molecular weight is 374 g/mol. The van der Waals surface area contributed by atoms with E-state index in [0.29, 0.717) is 18.0 Å². The Kier molecular flexibility index (Phi) is 4.04. The zero-order valence-corrected chi connectivity index (χ0v) is 15.7. The number of benzene rings is 1. The smallest absolute Gasteiger partial charge is 0.256 e. The number of carbonyl (C=O) groups is 1. The van der Waals surface area contributed by atoms with E-state index in [4.69, 9.17) is 4.74 Å². The molecule has 1 unspecified atom stereocenters. The van der Waals surface area contributed by atoms with E-state index in [0.717, 1.165) is 52.8 Å². The Morgan fingerprint density at radius 2 is 2.18 bits per heavy atom. The van der Waals surface area contributed by atoms with E-state index in [1.54, 1.807) is 7.11 Å². The van der Waals surface area contributed by atoms with E-state index < -0.39 is 0 Å². The summed E-state index contributed by atoms with van der Waals surface area (Å²) in [6, 6.07) is 11.9. The lowest BCUT2D eigenvalue weighted by atomic mass is 9.94. The number of carbonyl (C=O) groups excluding carboxylic acids is 1. The zero-order valence-electron chi connectivity index (χ0n) is 15.7. The molecule has 3 aromatic heterocycles. The van der Waals surface area contributed by atoms with Crippen LogP contribution in [0.1, 0.15) is 34.8 Å². The second-order valence-electron chi connectivity index (χ2n) is 7.37. The van der Waals surface area contributed by atoms with Crippen LogP contribution in [0.15, 0.2) is 48.8 Å². The van der Waals surface area contributed by atoms with Gasteiger partial charge in [-0.25, -0.2) is 0 Å². The summed E-state index contributed by atoms with van der Waals surface area (Å²) in [6.45, 7) is 1.49. The fraction of sp³-hybridized carbons (Fsp3) is 0.273. The molecule has 6 nitrogen and oxygen atoms in total. The van der Waals surface area contributed by atoms with Crippen molar-refractivity contribution in [2.45, 2.75) is 18.8 Å². The molecule has 1 fully saturated rings. The molecule has 0 aliphatic carbocycles. The highest BCUT2D eigenvalue weighted by Crippen LogP contribution is 2.31. The number of nitrogens with one attached hydrogen (secondary N) is 2. The van der Waals surface area contributed by atoms with Crippen molar-refractivity contribution in [2.75, 3.05) is 20.2 Å². The van der Waals surface area contributed by atoms with Crippen LogP contribution in [0.2, 0.25) is 0 Å². The second kappa shape index (κ2) is 6.71. The normalized spacial score (nSPS) is 17.3. The predicted octanol–water partition coefficient (Wildman–Crippen LogP) is 4.07. The van der Waals surface area contributed by atoms with Gasteiger partial charge in [0.2, 0.25) is 0 Å². The maximum absolute atomic E-state index is 13.3. The van der Waals surface area contributed by atoms with Crippen LogP contribution in [0.3, 0.4) is 0 Å². The summed E-state index contributed by atoms with van der Waals surface area (Å²) in [5, 5.41) is 0.904. The highest BCUT2D eigenvalue weighted by atomic mass is 16.5. The Morgan fingerprint density at radius 1 is 1.25 bits per heavy atom. The number of ether oxygens (including phenoxy) is 1. The molecule has 1 aromatic carbocycles. The number of pyridine rings is 1. The van der Waals surface area contributed by atoms with Gasteiger partial charge in [0.15, 0.2) is 0 Å². The van der Waals surface area contributed by atoms with Crippen LogP contribution in [0, 0.1) is 0 Å². The number of likely N-dealkylation sites (tertiary alicyclic amines) is 1. The largest absolute Gasteiger partial charge is 0.497 e. The minimum Gasteiger partial charge on any atom is -0.497 e. The monoisotopic (exact) mass is 374 g/mol. The zero-order chi connectivity index (χ0) is 19.1. The molecule has 142 valence electrons. The van der Waals surface area contributed by atoms with Gasteiger partial charge >= 0.3 is 0 Å². The first-order chi connectivity index (χ1) is 13.7. The van der Waals surface area contributed by atoms with Crippen molar-refractivity contribution in [1.29, 1.82) is 0 Å². The molecule has 1 atom stereocenters. The van der Waals surface area contributed by atoms with Crippen LogP contribution >= 0.6 is 0 Å². The molecule has 0 saturated carbocycles. The maximum atomic E-state index is 13.3. The van der Waals surface area contributed by atoms with E-state index in [-0.39, 0.29) is 5.91 Å². The number of fused-ring (bicyclic) bond motifs is 2. The summed E-state index contributed by atoms with van der Waals surface area (Å²) < 4.78 is 5.33. The van der Waals surface area contributed by atoms with E-state index >= 15 is 0 Å². The molecule has 1 aliphatic heterocycles. The Balaban J connectivity index is 1.42. The van der Waals surface area contributed by atoms with Crippen LogP contribution in [0.4, 0.5) is 0 Å². The van der Waals surface area contributed by atoms with Crippen LogP contribution < -0.4 is 4.74 Å². The number of H-pyrrole nitrogens is 2. The summed E-state index contributed by atoms with van der Waals surface area (Å²) in [5.41, 5.74) is 4.83. The number of rotatable bonds is 3. The lowest BCUT2D eigenvalue weighted by Crippen LogP contribution is -2.39. The van der Waals surface area contributed by atoms with Crippen LogP contribution in [-0.2, 0) is 0 Å². The van der Waals surface area contributed by atoms with E-state index in [9.17, 15) is 4.79 Å². The molecule has 0 bridgehead atoms. The Hall–Kier alpha value is -3.28. The third kappa shape index (κ3) is 2.81. The molecule has 4 aromatic rings. The summed E-state index contributed by atoms with van der Waals surface area (Å²) in [6.07, 6.45) is 5.67. The number of amides is 1. The van der Waals surface area contributed by atoms with Gasteiger partial charge in [0.1, 0.15) is 5.75 Å². The minimum absolute atomic E-state index is 0.0680. The number of aromatic amines is 2. The number of methoxy groups -OCH3 is 1. The number of hydrogen-bond donors (Lipinski definition) is 2. The average Bonchev–Trinajstić information content (AvgIpc) is 3.37. The molecule has 1 saturated heterocycles. The first kappa shape index (κ1) is 16.9. The molecule has 4 heterocycles. The number of hydrogen-bond acceptors (Lipinski definition) is 3. The summed E-state index contributed by atoms with van der Waals surface area (Å²) >= 11 is 0. The van der Waals surface area contributed by atoms with Crippen molar-refractivity contribution >= 4 is 27.8 Å². The van der Waals surface area contributed by atoms with E-state index in [1.807, 2.05) is 47.6 Å². The van der Waals surface area contributed by atoms with Gasteiger partial charge in [-0.05, 0) is 49.2 Å². The Labute approximate surface area is 162 Å². The van der Waals surface area contributed by atoms with Gasteiger partial charge in [-0.15, -0.1) is 0 Å². The summed E-state index contributed by atoms with van der Waals surface area (Å²) in [7, 11) is 1.64. The summed E-state index contributed by atoms with van der Waals surface area (Å²) in [4.78, 5) is 26.3. The lowest BCUT2D eigenvalue weighted by Gasteiger charge is -2.32. The van der Waals surface area contributed by atoms with Crippen molar-refractivity contribution in [3.8, 4) is 5.75 Å². The Bertz CT molecular complexity index is 1130. The topological polar surface area (TPSA) is 74.0 Å². The maximum Gasteiger partial charge on any atom is 0.256 e. The van der Waals surface area contributed by atoms with Gasteiger partial charge in [-0.1, -0.05) is 0 Å². The number of piperidine rings is 1. The summed E-state index contributed by atoms with van der Waals surface area (Å²) in [5.74, 6) is 1.12. The van der Waals surface area contributed by atoms with Gasteiger partial charge < -0.3 is 19.6 Å². The van der Waals surface area contributed by atoms with E-state index in [2.05, 4.69) is 21.0 Å². The highest BCUT2D eigenvalue weighted by Gasteiger charge is 2.28. The third-order valence-corrected chi connectivity index (χ3v) is 5.68. The van der Waals surface area contributed by atoms with Crippen molar-refractivity contribution in [3.63, 3.8) is 0 Å². The van der Waals surface area contributed by atoms with Crippen LogP contribution in [0.5, 0.6) is 5.75 Å². The minimum atomic E-state index is 0.0680. The fourth-order valence-corrected chi connectivity index (χ4v) is 4.19. The van der Waals surface area contributed by atoms with Gasteiger partial charge in [0.05, 0.1) is 23.7 Å². The third-order valence-electron chi connectivity index (χ3n) is 5.68. The van der Waals surface area contributed by atoms with Crippen molar-refractivity contribution in [3.05, 3.63) is 60.0 Å². The van der Waals surface area contributed by atoms with Crippen molar-refractivity contribution in [1.82, 2.24) is 19.9 Å². The van der Waals surface area contributed by atoms with Crippen molar-refractivity contribution < 1.29 is 9.53 Å². The molecular formula is C22H22N4O2. The molecule has 28 heavy (non-hydrogen) atoms. The van der Waals surface area contributed by atoms with Gasteiger partial charge in [-0.3, -0.25) is 9.78 Å². The van der Waals surface area contributed by atoms with Gasteiger partial charge in [0.25, 0.3) is 5.91 Å². The SMILES string of the molecule is COc1ccc2[nH]cc(C(=O)N3CCCC(c4cc5ncccc5[nH]4)C3)c2c1. The molecule has 2 N–H and O–H groups in total. The van der Waals surface area contributed by atoms with Crippen LogP contribution in [0.25, 0.3) is 21.9 Å². The Morgan fingerprint density at radius 3 is 3.04 bits per heavy atom. The van der Waals surface area contributed by atoms with E-state index in [1.165, 1.54) is 0 Å². The van der Waals surface area contributed by atoms with Gasteiger partial charge in [0, 0.05) is 48.0 Å². The first-order valence-electron chi connectivity index (χ1n) is 9.61. The lowest BCUT2D eigenvalue weighted by molar-refractivity contribution is 0.0708. The highest BCUT2D eigenvalue weighted by molar-refractivity contribution is 6.07. The first-order valence-corrected chi connectivity index (χ1v) is 9.61. The van der Waals surface area contributed by atoms with Crippen molar-refractivity contribution in [2.24, 2.45) is 0 Å². The molecule has 5 rings (SSSR count). The molecule has 6 heteroatoms. The standard InChI is InChI=1S/C22H22N4O2/c1-28-15-6-7-18-16(10-15)17(12-24-18)22(27)26-9-3-4-14(13-26)20-11-21-19(25-20)5-2-8-23-21/h2,5-8,10-12,14,24-25H,3-4,9,13H2,1H3. The number of nitrogens with zero attached hydrogens (tertiary/aromatic N) is 2. The fourth-order valence-electron chi connectivity index (χ4n) is 4.19. The molecule has 0 radical (unpaired) electrons. The molecular weight excluding hydrogens is 352 g/mol. The predicted molar refractivity (Wildman–Crippen MR) is 109 cm³/mol. The quantitative estimate of drug-likeness (QED) is 0.568.